The van der Waals surface area contributed by atoms with Crippen molar-refractivity contribution in [1.82, 2.24) is 4.57 Å². The van der Waals surface area contributed by atoms with Crippen molar-refractivity contribution in [3.8, 4) is 0 Å². The molecule has 0 saturated heterocycles. The lowest BCUT2D eigenvalue weighted by Crippen LogP contribution is -2.37. The molecule has 0 amide bonds. The maximum Gasteiger partial charge on any atom is 0.307 e. The number of rotatable bonds is 12. The molecule has 2 aliphatic rings. The lowest BCUT2D eigenvalue weighted by Gasteiger charge is -2.28. The van der Waals surface area contributed by atoms with Gasteiger partial charge in [0.2, 0.25) is 0 Å². The normalized spacial score (nSPS) is 17.5. The van der Waals surface area contributed by atoms with Gasteiger partial charge in [0.15, 0.2) is 11.0 Å². The van der Waals surface area contributed by atoms with Crippen LogP contribution in [-0.2, 0) is 32.9 Å². The smallest absolute Gasteiger partial charge is 0.307 e. The number of aromatic nitrogens is 2. The van der Waals surface area contributed by atoms with Crippen LogP contribution in [0.3, 0.4) is 0 Å². The van der Waals surface area contributed by atoms with Crippen LogP contribution in [0.2, 0.25) is 0 Å². The SMILES string of the molecule is CC1CC=Cc2c3c(c4ccccc4c21)N(CCC(=O)O)\C(=C/C=C/C=C/c1n(CCC(=O)O)c2ccccc2[n+]1CCC(=O)O)C3(C)C. The second-order valence-corrected chi connectivity index (χ2v) is 13.3. The van der Waals surface area contributed by atoms with Crippen molar-refractivity contribution >= 4 is 57.6 Å². The molecule has 6 rings (SSSR count). The summed E-state index contributed by atoms with van der Waals surface area (Å²) in [6, 6.07) is 16.0. The number of carboxylic acids is 3. The molecule has 0 radical (unpaired) electrons. The number of carboxylic acid groups (broad SMARTS) is 3. The molecule has 1 atom stereocenters. The highest BCUT2D eigenvalue weighted by molar-refractivity contribution is 6.05. The van der Waals surface area contributed by atoms with Crippen LogP contribution in [0.15, 0.2) is 84.6 Å². The van der Waals surface area contributed by atoms with Crippen molar-refractivity contribution in [2.24, 2.45) is 0 Å². The molecular weight excluding hydrogens is 618 g/mol. The van der Waals surface area contributed by atoms with E-state index in [0.29, 0.717) is 18.3 Å². The van der Waals surface area contributed by atoms with Gasteiger partial charge in [0, 0.05) is 29.1 Å². The summed E-state index contributed by atoms with van der Waals surface area (Å²) >= 11 is 0. The van der Waals surface area contributed by atoms with Gasteiger partial charge in [-0.2, -0.15) is 0 Å². The predicted octanol–water partition coefficient (Wildman–Crippen LogP) is 7.28. The van der Waals surface area contributed by atoms with E-state index in [1.807, 2.05) is 63.8 Å². The van der Waals surface area contributed by atoms with Crippen molar-refractivity contribution in [2.45, 2.75) is 70.9 Å². The molecule has 9 heteroatoms. The fourth-order valence-corrected chi connectivity index (χ4v) is 7.65. The van der Waals surface area contributed by atoms with Crippen LogP contribution in [0.4, 0.5) is 5.69 Å². The number of aliphatic carboxylic acids is 3. The third-order valence-electron chi connectivity index (χ3n) is 9.75. The summed E-state index contributed by atoms with van der Waals surface area (Å²) in [7, 11) is 0. The topological polar surface area (TPSA) is 124 Å². The molecule has 4 aromatic rings. The summed E-state index contributed by atoms with van der Waals surface area (Å²) in [5, 5.41) is 30.9. The Morgan fingerprint density at radius 1 is 0.878 bits per heavy atom. The fraction of sp³-hybridized carbons (Fsp3) is 0.300. The van der Waals surface area contributed by atoms with Gasteiger partial charge in [-0.15, -0.1) is 0 Å². The zero-order valence-electron chi connectivity index (χ0n) is 28.1. The van der Waals surface area contributed by atoms with E-state index < -0.39 is 23.3 Å². The van der Waals surface area contributed by atoms with Crippen LogP contribution in [0, 0.1) is 0 Å². The van der Waals surface area contributed by atoms with E-state index in [-0.39, 0.29) is 32.4 Å². The highest BCUT2D eigenvalue weighted by Crippen LogP contribution is 2.55. The van der Waals surface area contributed by atoms with Crippen LogP contribution in [0.5, 0.6) is 0 Å². The maximum atomic E-state index is 11.8. The van der Waals surface area contributed by atoms with Gasteiger partial charge >= 0.3 is 17.9 Å². The molecule has 9 nitrogen and oxygen atoms in total. The summed E-state index contributed by atoms with van der Waals surface area (Å²) in [5.74, 6) is -1.61. The third-order valence-corrected chi connectivity index (χ3v) is 9.75. The first-order valence-corrected chi connectivity index (χ1v) is 16.8. The minimum atomic E-state index is -0.914. The Labute approximate surface area is 285 Å². The van der Waals surface area contributed by atoms with Gasteiger partial charge in [0.25, 0.3) is 5.82 Å². The lowest BCUT2D eigenvalue weighted by atomic mass is 9.74. The van der Waals surface area contributed by atoms with Crippen LogP contribution in [0.1, 0.15) is 74.9 Å². The van der Waals surface area contributed by atoms with Gasteiger partial charge in [0.1, 0.15) is 13.1 Å². The fourth-order valence-electron chi connectivity index (χ4n) is 7.65. The number of nitrogens with zero attached hydrogens (tertiary/aromatic N) is 3. The van der Waals surface area contributed by atoms with Crippen molar-refractivity contribution in [2.75, 3.05) is 11.4 Å². The largest absolute Gasteiger partial charge is 0.481 e. The Bertz CT molecular complexity index is 2040. The third kappa shape index (κ3) is 6.28. The Kier molecular flexibility index (Phi) is 9.28. The van der Waals surface area contributed by atoms with Gasteiger partial charge in [-0.25, -0.2) is 9.13 Å². The van der Waals surface area contributed by atoms with Crippen molar-refractivity contribution < 1.29 is 34.3 Å². The number of hydrogen-bond donors (Lipinski definition) is 3. The van der Waals surface area contributed by atoms with Crippen LogP contribution in [0.25, 0.3) is 34.0 Å². The number of para-hydroxylation sites is 2. The first kappa shape index (κ1) is 33.5. The van der Waals surface area contributed by atoms with Crippen molar-refractivity contribution in [3.63, 3.8) is 0 Å². The number of benzene rings is 3. The maximum absolute atomic E-state index is 11.8. The zero-order valence-corrected chi connectivity index (χ0v) is 28.1. The van der Waals surface area contributed by atoms with Gasteiger partial charge in [-0.1, -0.05) is 87.5 Å². The Hall–Kier alpha value is -5.44. The number of hydrogen-bond acceptors (Lipinski definition) is 4. The van der Waals surface area contributed by atoms with Crippen LogP contribution >= 0.6 is 0 Å². The minimum absolute atomic E-state index is 0.00857. The molecule has 2 heterocycles. The average molecular weight is 661 g/mol. The van der Waals surface area contributed by atoms with E-state index in [4.69, 9.17) is 0 Å². The summed E-state index contributed by atoms with van der Waals surface area (Å²) in [6.45, 7) is 7.48. The van der Waals surface area contributed by atoms with Crippen LogP contribution in [-0.4, -0.2) is 44.3 Å². The summed E-state index contributed by atoms with van der Waals surface area (Å²) in [4.78, 5) is 37.0. The second kappa shape index (κ2) is 13.6. The predicted molar refractivity (Wildman–Crippen MR) is 192 cm³/mol. The van der Waals surface area contributed by atoms with Crippen molar-refractivity contribution in [1.29, 1.82) is 0 Å². The minimum Gasteiger partial charge on any atom is -0.481 e. The van der Waals surface area contributed by atoms with Crippen molar-refractivity contribution in [3.05, 3.63) is 107 Å². The number of allylic oxidation sites excluding steroid dienone is 6. The monoisotopic (exact) mass is 660 g/mol. The van der Waals surface area contributed by atoms with Gasteiger partial charge in [0.05, 0.1) is 24.9 Å². The van der Waals surface area contributed by atoms with E-state index in [1.165, 1.54) is 22.1 Å². The Morgan fingerprint density at radius 3 is 2.29 bits per heavy atom. The zero-order chi connectivity index (χ0) is 34.9. The van der Waals surface area contributed by atoms with Gasteiger partial charge in [-0.05, 0) is 52.6 Å². The number of aryl methyl sites for hydroxylation is 2. The number of fused-ring (bicyclic) bond motifs is 7. The van der Waals surface area contributed by atoms with E-state index in [2.05, 4.69) is 62.1 Å². The van der Waals surface area contributed by atoms with Gasteiger partial charge < -0.3 is 20.2 Å². The molecule has 0 spiro atoms. The first-order valence-electron chi connectivity index (χ1n) is 16.8. The lowest BCUT2D eigenvalue weighted by molar-refractivity contribution is -0.673. The first-order chi connectivity index (χ1) is 23.5. The summed E-state index contributed by atoms with van der Waals surface area (Å²) < 4.78 is 3.84. The highest BCUT2D eigenvalue weighted by atomic mass is 16.4. The van der Waals surface area contributed by atoms with E-state index in [1.54, 1.807) is 0 Å². The number of imidazole rings is 1. The highest BCUT2D eigenvalue weighted by Gasteiger charge is 2.44. The molecule has 1 aliphatic heterocycles. The molecule has 49 heavy (non-hydrogen) atoms. The number of anilines is 1. The molecule has 0 saturated carbocycles. The molecule has 0 fully saturated rings. The Morgan fingerprint density at radius 2 is 1.55 bits per heavy atom. The second-order valence-electron chi connectivity index (χ2n) is 13.3. The van der Waals surface area contributed by atoms with E-state index >= 15 is 0 Å². The molecule has 1 unspecified atom stereocenters. The molecule has 3 aromatic carbocycles. The summed E-state index contributed by atoms with van der Waals surface area (Å²) in [5.41, 5.74) is 7.11. The molecule has 1 aromatic heterocycles. The molecule has 0 bridgehead atoms. The molecule has 252 valence electrons. The molecule has 1 aliphatic carbocycles. The summed E-state index contributed by atoms with van der Waals surface area (Å²) in [6.07, 6.45) is 15.0. The standard InChI is InChI=1S/C40H41N3O6/c1-26-12-11-15-29-37(26)27-13-7-8-14-28(27)39-38(29)40(2,3)32(43(39)25-22-36(48)49)18-5-4-6-19-33-41(23-20-34(44)45)30-16-9-10-17-31(30)42(33)24-21-35(46)47/h4-11,13-19,26H,12,20-25H2,1-3H3,(H2-,44,45,46,47,48,49)/p+1. The molecular formula is C40H42N3O6+. The van der Waals surface area contributed by atoms with E-state index in [0.717, 1.165) is 34.2 Å². The Balaban J connectivity index is 1.43. The number of carbonyl (C=O) groups is 3. The average Bonchev–Trinajstić information content (AvgIpc) is 3.48. The quantitative estimate of drug-likeness (QED) is 0.108. The van der Waals surface area contributed by atoms with Gasteiger partial charge in [-0.3, -0.25) is 14.4 Å². The molecule has 3 N–H and O–H groups in total. The van der Waals surface area contributed by atoms with E-state index in [9.17, 15) is 29.7 Å². The van der Waals surface area contributed by atoms with Crippen LogP contribution < -0.4 is 9.47 Å².